The molecule has 0 aliphatic rings. The Bertz CT molecular complexity index is 284. The quantitative estimate of drug-likeness (QED) is 0.665. The predicted molar refractivity (Wildman–Crippen MR) is 68.7 cm³/mol. The van der Waals surface area contributed by atoms with Gasteiger partial charge >= 0.3 is 0 Å². The molecule has 1 nitrogen and oxygen atoms in total. The maximum atomic E-state index is 9.77. The van der Waals surface area contributed by atoms with Crippen molar-refractivity contribution in [3.05, 3.63) is 35.4 Å². The number of aliphatic hydroxyl groups is 1. The first-order chi connectivity index (χ1) is 6.45. The smallest absolute Gasteiger partial charge is 0.0840 e. The maximum Gasteiger partial charge on any atom is 0.0840 e. The van der Waals surface area contributed by atoms with Crippen molar-refractivity contribution in [2.75, 3.05) is 0 Å². The van der Waals surface area contributed by atoms with E-state index in [1.54, 1.807) is 0 Å². The van der Waals surface area contributed by atoms with E-state index in [0.29, 0.717) is 3.92 Å². The van der Waals surface area contributed by atoms with Crippen LogP contribution in [0, 0.1) is 0 Å². The fraction of sp³-hybridized carbons (Fsp3) is 0.500. The Morgan fingerprint density at radius 1 is 1.29 bits per heavy atom. The SMILES string of the molecule is CCC(I)c1ccc(C(C)(C)O)cc1. The number of hydrogen-bond donors (Lipinski definition) is 1. The highest BCUT2D eigenvalue weighted by molar-refractivity contribution is 14.1. The molecule has 0 aliphatic carbocycles. The molecular weight excluding hydrogens is 287 g/mol. The number of hydrogen-bond acceptors (Lipinski definition) is 1. The van der Waals surface area contributed by atoms with Crippen molar-refractivity contribution >= 4 is 22.6 Å². The zero-order valence-corrected chi connectivity index (χ0v) is 11.1. The first-order valence-electron chi connectivity index (χ1n) is 4.92. The van der Waals surface area contributed by atoms with Gasteiger partial charge in [0.2, 0.25) is 0 Å². The zero-order chi connectivity index (χ0) is 10.8. The second kappa shape index (κ2) is 4.62. The van der Waals surface area contributed by atoms with Gasteiger partial charge in [-0.2, -0.15) is 0 Å². The Morgan fingerprint density at radius 3 is 2.14 bits per heavy atom. The summed E-state index contributed by atoms with van der Waals surface area (Å²) >= 11 is 2.44. The average molecular weight is 304 g/mol. The molecule has 1 aromatic carbocycles. The van der Waals surface area contributed by atoms with Gasteiger partial charge in [-0.3, -0.25) is 0 Å². The van der Waals surface area contributed by atoms with Crippen LogP contribution in [0.25, 0.3) is 0 Å². The molecule has 0 heterocycles. The fourth-order valence-electron chi connectivity index (χ4n) is 1.34. The van der Waals surface area contributed by atoms with Crippen molar-refractivity contribution in [3.8, 4) is 0 Å². The minimum atomic E-state index is -0.731. The summed E-state index contributed by atoms with van der Waals surface area (Å²) in [4.78, 5) is 0. The van der Waals surface area contributed by atoms with E-state index in [9.17, 15) is 5.11 Å². The summed E-state index contributed by atoms with van der Waals surface area (Å²) in [6.07, 6.45) is 1.14. The van der Waals surface area contributed by atoms with E-state index >= 15 is 0 Å². The number of halogens is 1. The van der Waals surface area contributed by atoms with Crippen LogP contribution in [0.15, 0.2) is 24.3 Å². The maximum absolute atomic E-state index is 9.77. The van der Waals surface area contributed by atoms with Crippen LogP contribution in [-0.2, 0) is 5.60 Å². The van der Waals surface area contributed by atoms with E-state index in [1.807, 2.05) is 26.0 Å². The number of alkyl halides is 1. The molecule has 14 heavy (non-hydrogen) atoms. The molecule has 0 aliphatic heterocycles. The first kappa shape index (κ1) is 12.0. The minimum Gasteiger partial charge on any atom is -0.386 e. The molecule has 0 bridgehead atoms. The van der Waals surface area contributed by atoms with E-state index in [4.69, 9.17) is 0 Å². The third-order valence-corrected chi connectivity index (χ3v) is 3.94. The molecule has 2 heteroatoms. The van der Waals surface area contributed by atoms with Gasteiger partial charge in [0.25, 0.3) is 0 Å². The van der Waals surface area contributed by atoms with Gasteiger partial charge < -0.3 is 5.11 Å². The van der Waals surface area contributed by atoms with Crippen molar-refractivity contribution in [3.63, 3.8) is 0 Å². The fourth-order valence-corrected chi connectivity index (χ4v) is 1.75. The summed E-state index contributed by atoms with van der Waals surface area (Å²) in [5.41, 5.74) is 1.58. The first-order valence-corrected chi connectivity index (χ1v) is 6.16. The Morgan fingerprint density at radius 2 is 1.79 bits per heavy atom. The second-order valence-electron chi connectivity index (χ2n) is 4.06. The Kier molecular flexibility index (Phi) is 3.95. The highest BCUT2D eigenvalue weighted by atomic mass is 127. The average Bonchev–Trinajstić information content (AvgIpc) is 2.15. The molecule has 1 N–H and O–H groups in total. The van der Waals surface area contributed by atoms with Gasteiger partial charge in [-0.05, 0) is 31.4 Å². The molecule has 0 fully saturated rings. The molecule has 1 unspecified atom stereocenters. The van der Waals surface area contributed by atoms with Gasteiger partial charge in [0.15, 0.2) is 0 Å². The van der Waals surface area contributed by atoms with E-state index in [2.05, 4.69) is 41.6 Å². The Balaban J connectivity index is 2.89. The molecule has 0 spiro atoms. The van der Waals surface area contributed by atoms with Gasteiger partial charge in [-0.15, -0.1) is 0 Å². The molecule has 0 saturated heterocycles. The Hall–Kier alpha value is -0.0900. The third kappa shape index (κ3) is 2.95. The Labute approximate surface area is 99.7 Å². The van der Waals surface area contributed by atoms with Crippen molar-refractivity contribution in [2.45, 2.75) is 36.7 Å². The molecule has 0 saturated carbocycles. The van der Waals surface area contributed by atoms with Crippen LogP contribution < -0.4 is 0 Å². The monoisotopic (exact) mass is 304 g/mol. The molecule has 1 rings (SSSR count). The summed E-state index contributed by atoms with van der Waals surface area (Å²) in [7, 11) is 0. The van der Waals surface area contributed by atoms with Gasteiger partial charge in [-0.25, -0.2) is 0 Å². The van der Waals surface area contributed by atoms with Gasteiger partial charge in [-0.1, -0.05) is 53.8 Å². The molecular formula is C12H17IO. The van der Waals surface area contributed by atoms with Crippen molar-refractivity contribution < 1.29 is 5.11 Å². The van der Waals surface area contributed by atoms with Crippen LogP contribution in [-0.4, -0.2) is 5.11 Å². The topological polar surface area (TPSA) is 20.2 Å². The normalized spacial score (nSPS) is 14.1. The highest BCUT2D eigenvalue weighted by Crippen LogP contribution is 2.28. The van der Waals surface area contributed by atoms with E-state index in [0.717, 1.165) is 12.0 Å². The summed E-state index contributed by atoms with van der Waals surface area (Å²) in [5.74, 6) is 0. The summed E-state index contributed by atoms with van der Waals surface area (Å²) in [6.45, 7) is 5.80. The van der Waals surface area contributed by atoms with E-state index in [-0.39, 0.29) is 0 Å². The second-order valence-corrected chi connectivity index (χ2v) is 5.56. The van der Waals surface area contributed by atoms with Crippen LogP contribution in [0.4, 0.5) is 0 Å². The van der Waals surface area contributed by atoms with Crippen LogP contribution in [0.5, 0.6) is 0 Å². The third-order valence-electron chi connectivity index (χ3n) is 2.34. The van der Waals surface area contributed by atoms with Crippen molar-refractivity contribution in [1.29, 1.82) is 0 Å². The largest absolute Gasteiger partial charge is 0.386 e. The lowest BCUT2D eigenvalue weighted by molar-refractivity contribution is 0.0786. The van der Waals surface area contributed by atoms with Crippen molar-refractivity contribution in [1.82, 2.24) is 0 Å². The summed E-state index contributed by atoms with van der Waals surface area (Å²) in [6, 6.07) is 8.23. The molecule has 1 aromatic rings. The minimum absolute atomic E-state index is 0.573. The van der Waals surface area contributed by atoms with E-state index in [1.165, 1.54) is 5.56 Å². The highest BCUT2D eigenvalue weighted by Gasteiger charge is 2.15. The van der Waals surface area contributed by atoms with Crippen LogP contribution in [0.3, 0.4) is 0 Å². The van der Waals surface area contributed by atoms with Gasteiger partial charge in [0.05, 0.1) is 5.60 Å². The lowest BCUT2D eigenvalue weighted by Gasteiger charge is -2.18. The van der Waals surface area contributed by atoms with Crippen LogP contribution in [0.2, 0.25) is 0 Å². The standard InChI is InChI=1S/C12H17IO/c1-4-11(13)9-5-7-10(8-6-9)12(2,3)14/h5-8,11,14H,4H2,1-3H3. The number of rotatable bonds is 3. The van der Waals surface area contributed by atoms with Crippen LogP contribution >= 0.6 is 22.6 Å². The van der Waals surface area contributed by atoms with E-state index < -0.39 is 5.60 Å². The summed E-state index contributed by atoms with van der Waals surface area (Å²) < 4.78 is 0.573. The van der Waals surface area contributed by atoms with Crippen molar-refractivity contribution in [2.24, 2.45) is 0 Å². The molecule has 0 amide bonds. The predicted octanol–water partition coefficient (Wildman–Crippen LogP) is 3.80. The molecule has 78 valence electrons. The molecule has 0 aromatic heterocycles. The lowest BCUT2D eigenvalue weighted by atomic mass is 9.96. The van der Waals surface area contributed by atoms with Gasteiger partial charge in [0.1, 0.15) is 0 Å². The molecule has 1 atom stereocenters. The molecule has 0 radical (unpaired) electrons. The van der Waals surface area contributed by atoms with Crippen LogP contribution in [0.1, 0.15) is 42.2 Å². The zero-order valence-electron chi connectivity index (χ0n) is 8.92. The van der Waals surface area contributed by atoms with Gasteiger partial charge in [0, 0.05) is 3.92 Å². The summed E-state index contributed by atoms with van der Waals surface area (Å²) in [5, 5.41) is 9.77. The number of benzene rings is 1. The lowest BCUT2D eigenvalue weighted by Crippen LogP contribution is -2.15.